The third-order valence-electron chi connectivity index (χ3n) is 2.64. The Morgan fingerprint density at radius 1 is 1.32 bits per heavy atom. The predicted octanol–water partition coefficient (Wildman–Crippen LogP) is 0.0288. The molecule has 1 rings (SSSR count). The minimum absolute atomic E-state index is 0.0626. The SMILES string of the molecule is CC(CO)(CO)C(=O)NNc1ccc([N+](=O)[O-])cc1. The van der Waals surface area contributed by atoms with E-state index >= 15 is 0 Å². The number of hydrogen-bond acceptors (Lipinski definition) is 6. The van der Waals surface area contributed by atoms with E-state index in [1.807, 2.05) is 0 Å². The number of nitro groups is 1. The highest BCUT2D eigenvalue weighted by atomic mass is 16.6. The maximum Gasteiger partial charge on any atom is 0.269 e. The summed E-state index contributed by atoms with van der Waals surface area (Å²) in [5.41, 5.74) is 3.93. The second-order valence-corrected chi connectivity index (χ2v) is 4.26. The number of non-ortho nitro benzene ring substituents is 1. The van der Waals surface area contributed by atoms with Crippen molar-refractivity contribution in [1.29, 1.82) is 0 Å². The second-order valence-electron chi connectivity index (χ2n) is 4.26. The predicted molar refractivity (Wildman–Crippen MR) is 67.1 cm³/mol. The maximum absolute atomic E-state index is 11.7. The highest BCUT2D eigenvalue weighted by molar-refractivity contribution is 5.83. The number of amides is 1. The first-order chi connectivity index (χ1) is 8.92. The lowest BCUT2D eigenvalue weighted by Crippen LogP contribution is -2.46. The fourth-order valence-corrected chi connectivity index (χ4v) is 1.14. The lowest BCUT2D eigenvalue weighted by molar-refractivity contribution is -0.384. The van der Waals surface area contributed by atoms with Gasteiger partial charge < -0.3 is 10.2 Å². The molecule has 0 aliphatic heterocycles. The molecule has 1 aromatic carbocycles. The van der Waals surface area contributed by atoms with E-state index in [1.54, 1.807) is 0 Å². The van der Waals surface area contributed by atoms with Gasteiger partial charge in [-0.25, -0.2) is 0 Å². The standard InChI is InChI=1S/C11H15N3O5/c1-11(6-15,7-16)10(17)13-12-8-2-4-9(5-3-8)14(18)19/h2-5,12,15-16H,6-7H2,1H3,(H,13,17). The number of benzene rings is 1. The lowest BCUT2D eigenvalue weighted by atomic mass is 9.92. The van der Waals surface area contributed by atoms with Gasteiger partial charge in [0.1, 0.15) is 0 Å². The van der Waals surface area contributed by atoms with Crippen LogP contribution in [0.2, 0.25) is 0 Å². The topological polar surface area (TPSA) is 125 Å². The van der Waals surface area contributed by atoms with Crippen molar-refractivity contribution >= 4 is 17.3 Å². The molecule has 104 valence electrons. The van der Waals surface area contributed by atoms with Crippen LogP contribution in [-0.4, -0.2) is 34.3 Å². The van der Waals surface area contributed by atoms with Gasteiger partial charge in [-0.15, -0.1) is 0 Å². The first kappa shape index (κ1) is 14.9. The quantitative estimate of drug-likeness (QED) is 0.426. The maximum atomic E-state index is 11.7. The third-order valence-corrected chi connectivity index (χ3v) is 2.64. The number of nitrogens with one attached hydrogen (secondary N) is 2. The molecule has 0 heterocycles. The average molecular weight is 269 g/mol. The molecule has 19 heavy (non-hydrogen) atoms. The first-order valence-corrected chi connectivity index (χ1v) is 5.45. The van der Waals surface area contributed by atoms with Crippen LogP contribution >= 0.6 is 0 Å². The molecule has 8 nitrogen and oxygen atoms in total. The molecule has 0 spiro atoms. The van der Waals surface area contributed by atoms with Gasteiger partial charge in [0.2, 0.25) is 5.91 Å². The molecule has 0 aliphatic rings. The van der Waals surface area contributed by atoms with Crippen LogP contribution in [0.25, 0.3) is 0 Å². The Kier molecular flexibility index (Phi) is 4.79. The Labute approximate surface area is 109 Å². The van der Waals surface area contributed by atoms with Crippen molar-refractivity contribution in [2.75, 3.05) is 18.6 Å². The van der Waals surface area contributed by atoms with Crippen molar-refractivity contribution in [3.63, 3.8) is 0 Å². The molecule has 0 aliphatic carbocycles. The summed E-state index contributed by atoms with van der Waals surface area (Å²) in [4.78, 5) is 21.6. The normalized spacial score (nSPS) is 10.9. The fourth-order valence-electron chi connectivity index (χ4n) is 1.14. The first-order valence-electron chi connectivity index (χ1n) is 5.45. The minimum atomic E-state index is -1.30. The molecule has 0 saturated heterocycles. The van der Waals surface area contributed by atoms with Crippen LogP contribution in [0.15, 0.2) is 24.3 Å². The van der Waals surface area contributed by atoms with Crippen molar-refractivity contribution in [1.82, 2.24) is 5.43 Å². The van der Waals surface area contributed by atoms with E-state index in [2.05, 4.69) is 10.9 Å². The molecule has 0 fully saturated rings. The van der Waals surface area contributed by atoms with Crippen LogP contribution in [0, 0.1) is 15.5 Å². The van der Waals surface area contributed by atoms with Gasteiger partial charge >= 0.3 is 0 Å². The summed E-state index contributed by atoms with van der Waals surface area (Å²) < 4.78 is 0. The summed E-state index contributed by atoms with van der Waals surface area (Å²) in [6, 6.07) is 5.42. The Hall–Kier alpha value is -2.19. The molecule has 0 atom stereocenters. The van der Waals surface area contributed by atoms with E-state index in [9.17, 15) is 14.9 Å². The monoisotopic (exact) mass is 269 g/mol. The third kappa shape index (κ3) is 3.63. The number of aliphatic hydroxyl groups excluding tert-OH is 2. The number of anilines is 1. The fraction of sp³-hybridized carbons (Fsp3) is 0.364. The van der Waals surface area contributed by atoms with Gasteiger partial charge in [-0.05, 0) is 19.1 Å². The van der Waals surface area contributed by atoms with E-state index in [4.69, 9.17) is 10.2 Å². The lowest BCUT2D eigenvalue weighted by Gasteiger charge is -2.23. The Balaban J connectivity index is 2.62. The van der Waals surface area contributed by atoms with Gasteiger partial charge in [-0.3, -0.25) is 25.8 Å². The summed E-state index contributed by atoms with van der Waals surface area (Å²) in [5, 5.41) is 28.5. The zero-order chi connectivity index (χ0) is 14.5. The van der Waals surface area contributed by atoms with Crippen molar-refractivity contribution in [2.24, 2.45) is 5.41 Å². The molecule has 0 unspecified atom stereocenters. The minimum Gasteiger partial charge on any atom is -0.395 e. The van der Waals surface area contributed by atoms with Gasteiger partial charge in [0, 0.05) is 12.1 Å². The molecular weight excluding hydrogens is 254 g/mol. The number of nitro benzene ring substituents is 1. The number of hydrazine groups is 1. The van der Waals surface area contributed by atoms with Crippen LogP contribution in [0.5, 0.6) is 0 Å². The van der Waals surface area contributed by atoms with Crippen molar-refractivity contribution in [3.8, 4) is 0 Å². The summed E-state index contributed by atoms with van der Waals surface area (Å²) in [5.74, 6) is -0.587. The molecule has 8 heteroatoms. The van der Waals surface area contributed by atoms with Crippen LogP contribution in [0.3, 0.4) is 0 Å². The molecule has 1 amide bonds. The Morgan fingerprint density at radius 2 is 1.84 bits per heavy atom. The molecule has 0 bridgehead atoms. The summed E-state index contributed by atoms with van der Waals surface area (Å²) >= 11 is 0. The molecule has 0 radical (unpaired) electrons. The zero-order valence-electron chi connectivity index (χ0n) is 10.3. The number of nitrogens with zero attached hydrogens (tertiary/aromatic N) is 1. The van der Waals surface area contributed by atoms with Gasteiger partial charge in [0.15, 0.2) is 0 Å². The number of hydrogen-bond donors (Lipinski definition) is 4. The number of carbonyl (C=O) groups is 1. The van der Waals surface area contributed by atoms with Crippen LogP contribution < -0.4 is 10.9 Å². The van der Waals surface area contributed by atoms with Crippen molar-refractivity contribution in [2.45, 2.75) is 6.92 Å². The van der Waals surface area contributed by atoms with E-state index < -0.39 is 29.5 Å². The highest BCUT2D eigenvalue weighted by Crippen LogP contribution is 2.16. The van der Waals surface area contributed by atoms with Crippen LogP contribution in [-0.2, 0) is 4.79 Å². The van der Waals surface area contributed by atoms with Crippen molar-refractivity contribution < 1.29 is 19.9 Å². The smallest absolute Gasteiger partial charge is 0.269 e. The van der Waals surface area contributed by atoms with E-state index in [-0.39, 0.29) is 5.69 Å². The molecule has 1 aromatic rings. The molecule has 0 saturated carbocycles. The Bertz CT molecular complexity index is 456. The van der Waals surface area contributed by atoms with E-state index in [0.29, 0.717) is 5.69 Å². The summed E-state index contributed by atoms with van der Waals surface area (Å²) in [6.45, 7) is 0.397. The number of rotatable bonds is 6. The van der Waals surface area contributed by atoms with Gasteiger partial charge in [-0.2, -0.15) is 0 Å². The van der Waals surface area contributed by atoms with Gasteiger partial charge in [0.05, 0.1) is 29.2 Å². The molecular formula is C11H15N3O5. The summed E-state index contributed by atoms with van der Waals surface area (Å²) in [7, 11) is 0. The average Bonchev–Trinajstić information content (AvgIpc) is 2.44. The molecule has 4 N–H and O–H groups in total. The van der Waals surface area contributed by atoms with E-state index in [1.165, 1.54) is 31.2 Å². The highest BCUT2D eigenvalue weighted by Gasteiger charge is 2.31. The molecule has 0 aromatic heterocycles. The number of aliphatic hydroxyl groups is 2. The summed E-state index contributed by atoms with van der Waals surface area (Å²) in [6.07, 6.45) is 0. The zero-order valence-corrected chi connectivity index (χ0v) is 10.3. The van der Waals surface area contributed by atoms with E-state index in [0.717, 1.165) is 0 Å². The van der Waals surface area contributed by atoms with Crippen LogP contribution in [0.1, 0.15) is 6.92 Å². The van der Waals surface area contributed by atoms with Gasteiger partial charge in [0.25, 0.3) is 5.69 Å². The van der Waals surface area contributed by atoms with Gasteiger partial charge in [-0.1, -0.05) is 0 Å². The second kappa shape index (κ2) is 6.12. The largest absolute Gasteiger partial charge is 0.395 e. The Morgan fingerprint density at radius 3 is 2.26 bits per heavy atom. The van der Waals surface area contributed by atoms with Crippen molar-refractivity contribution in [3.05, 3.63) is 34.4 Å². The number of carbonyl (C=O) groups excluding carboxylic acids is 1. The van der Waals surface area contributed by atoms with Crippen LogP contribution in [0.4, 0.5) is 11.4 Å².